The Bertz CT molecular complexity index is 948. The second kappa shape index (κ2) is 12.2. The van der Waals surface area contributed by atoms with Crippen LogP contribution in [0.5, 0.6) is 11.5 Å². The summed E-state index contributed by atoms with van der Waals surface area (Å²) in [7, 11) is 0. The maximum absolute atomic E-state index is 6.23. The van der Waals surface area contributed by atoms with Gasteiger partial charge in [-0.05, 0) is 64.7 Å². The third-order valence-corrected chi connectivity index (χ3v) is 5.43. The molecule has 0 spiro atoms. The first-order valence-electron chi connectivity index (χ1n) is 9.64. The van der Waals surface area contributed by atoms with Crippen molar-refractivity contribution < 1.29 is 9.47 Å². The molecule has 0 aliphatic carbocycles. The molecular formula is C24H26BrCl2NO2. The maximum atomic E-state index is 6.23. The Labute approximate surface area is 198 Å². The molecule has 0 unspecified atom stereocenters. The molecule has 6 heteroatoms. The average molecular weight is 511 g/mol. The Kier molecular flexibility index (Phi) is 9.99. The molecule has 0 aliphatic rings. The highest BCUT2D eigenvalue weighted by atomic mass is 79.9. The molecule has 0 radical (unpaired) electrons. The minimum atomic E-state index is 0. The van der Waals surface area contributed by atoms with Gasteiger partial charge in [-0.1, -0.05) is 59.6 Å². The van der Waals surface area contributed by atoms with E-state index in [2.05, 4.69) is 58.5 Å². The molecule has 30 heavy (non-hydrogen) atoms. The van der Waals surface area contributed by atoms with E-state index in [1.807, 2.05) is 37.3 Å². The molecule has 0 amide bonds. The molecule has 0 saturated heterocycles. The lowest BCUT2D eigenvalue weighted by Crippen LogP contribution is -2.13. The second-order valence-corrected chi connectivity index (χ2v) is 8.07. The zero-order chi connectivity index (χ0) is 20.6. The highest BCUT2D eigenvalue weighted by molar-refractivity contribution is 9.10. The summed E-state index contributed by atoms with van der Waals surface area (Å²) in [4.78, 5) is 0. The highest BCUT2D eigenvalue weighted by Crippen LogP contribution is 2.37. The van der Waals surface area contributed by atoms with Gasteiger partial charge in [-0.25, -0.2) is 0 Å². The molecule has 0 atom stereocenters. The summed E-state index contributed by atoms with van der Waals surface area (Å²) in [6.07, 6.45) is 0. The Morgan fingerprint density at radius 3 is 2.37 bits per heavy atom. The summed E-state index contributed by atoms with van der Waals surface area (Å²) in [6.45, 7) is 6.51. The summed E-state index contributed by atoms with van der Waals surface area (Å²) in [5, 5.41) is 4.21. The minimum Gasteiger partial charge on any atom is -0.490 e. The van der Waals surface area contributed by atoms with Gasteiger partial charge in [0, 0.05) is 18.1 Å². The summed E-state index contributed by atoms with van der Waals surface area (Å²) in [5.74, 6) is 1.46. The lowest BCUT2D eigenvalue weighted by atomic mass is 10.1. The van der Waals surface area contributed by atoms with E-state index in [-0.39, 0.29) is 12.4 Å². The van der Waals surface area contributed by atoms with E-state index in [1.54, 1.807) is 0 Å². The molecule has 0 aromatic heterocycles. The van der Waals surface area contributed by atoms with Gasteiger partial charge in [0.05, 0.1) is 11.1 Å². The number of nitrogens with one attached hydrogen (secondary N) is 1. The molecule has 3 aromatic rings. The van der Waals surface area contributed by atoms with E-state index >= 15 is 0 Å². The van der Waals surface area contributed by atoms with Crippen LogP contribution in [0.1, 0.15) is 29.2 Å². The first-order chi connectivity index (χ1) is 14.1. The molecule has 0 heterocycles. The first-order valence-corrected chi connectivity index (χ1v) is 10.8. The highest BCUT2D eigenvalue weighted by Gasteiger charge is 2.13. The van der Waals surface area contributed by atoms with Crippen LogP contribution in [0.3, 0.4) is 0 Å². The van der Waals surface area contributed by atoms with Gasteiger partial charge in [-0.3, -0.25) is 0 Å². The van der Waals surface area contributed by atoms with Crippen LogP contribution in [0.4, 0.5) is 0 Å². The van der Waals surface area contributed by atoms with Crippen molar-refractivity contribution in [2.75, 3.05) is 6.61 Å². The van der Waals surface area contributed by atoms with Gasteiger partial charge in [0.2, 0.25) is 0 Å². The maximum Gasteiger partial charge on any atom is 0.175 e. The van der Waals surface area contributed by atoms with Crippen molar-refractivity contribution in [3.05, 3.63) is 92.4 Å². The quantitative estimate of drug-likeness (QED) is 0.333. The molecule has 1 N–H and O–H groups in total. The van der Waals surface area contributed by atoms with Gasteiger partial charge in [0.25, 0.3) is 0 Å². The normalized spacial score (nSPS) is 10.4. The number of hydrogen-bond acceptors (Lipinski definition) is 3. The van der Waals surface area contributed by atoms with Gasteiger partial charge in [0.1, 0.15) is 6.61 Å². The number of halogens is 3. The molecule has 3 rings (SSSR count). The van der Waals surface area contributed by atoms with Crippen LogP contribution in [0.15, 0.2) is 65.1 Å². The van der Waals surface area contributed by atoms with E-state index in [9.17, 15) is 0 Å². The lowest BCUT2D eigenvalue weighted by Gasteiger charge is -2.16. The van der Waals surface area contributed by atoms with E-state index in [0.717, 1.165) is 37.7 Å². The predicted molar refractivity (Wildman–Crippen MR) is 130 cm³/mol. The third-order valence-electron chi connectivity index (χ3n) is 4.48. The second-order valence-electron chi connectivity index (χ2n) is 6.81. The zero-order valence-corrected chi connectivity index (χ0v) is 20.2. The Morgan fingerprint density at radius 1 is 0.933 bits per heavy atom. The summed E-state index contributed by atoms with van der Waals surface area (Å²) in [5.41, 5.74) is 4.54. The average Bonchev–Trinajstić information content (AvgIpc) is 2.70. The van der Waals surface area contributed by atoms with Crippen LogP contribution >= 0.6 is 39.9 Å². The van der Waals surface area contributed by atoms with Crippen LogP contribution in [-0.2, 0) is 19.7 Å². The van der Waals surface area contributed by atoms with Crippen molar-refractivity contribution in [1.29, 1.82) is 0 Å². The van der Waals surface area contributed by atoms with E-state index in [0.29, 0.717) is 26.3 Å². The van der Waals surface area contributed by atoms with Crippen molar-refractivity contribution in [2.24, 2.45) is 0 Å². The van der Waals surface area contributed by atoms with E-state index < -0.39 is 0 Å². The Balaban J connectivity index is 0.00000320. The zero-order valence-electron chi connectivity index (χ0n) is 17.1. The molecule has 160 valence electrons. The fraction of sp³-hybridized carbons (Fsp3) is 0.250. The first kappa shape index (κ1) is 24.5. The summed E-state index contributed by atoms with van der Waals surface area (Å²) >= 11 is 9.88. The van der Waals surface area contributed by atoms with E-state index in [1.165, 1.54) is 5.56 Å². The molecule has 0 saturated carbocycles. The predicted octanol–water partition coefficient (Wildman–Crippen LogP) is 7.10. The van der Waals surface area contributed by atoms with Crippen molar-refractivity contribution >= 4 is 39.9 Å². The summed E-state index contributed by atoms with van der Waals surface area (Å²) in [6, 6.07) is 20.3. The van der Waals surface area contributed by atoms with Crippen LogP contribution < -0.4 is 14.8 Å². The molecule has 0 fully saturated rings. The number of benzene rings is 3. The van der Waals surface area contributed by atoms with Crippen LogP contribution in [0.25, 0.3) is 0 Å². The third kappa shape index (κ3) is 6.92. The van der Waals surface area contributed by atoms with Crippen molar-refractivity contribution in [1.82, 2.24) is 5.32 Å². The lowest BCUT2D eigenvalue weighted by molar-refractivity contribution is 0.267. The monoisotopic (exact) mass is 509 g/mol. The molecule has 3 aromatic carbocycles. The van der Waals surface area contributed by atoms with Crippen LogP contribution in [-0.4, -0.2) is 6.61 Å². The van der Waals surface area contributed by atoms with Crippen molar-refractivity contribution in [2.45, 2.75) is 33.5 Å². The van der Waals surface area contributed by atoms with Gasteiger partial charge in [0.15, 0.2) is 11.5 Å². The summed E-state index contributed by atoms with van der Waals surface area (Å²) < 4.78 is 12.8. The fourth-order valence-electron chi connectivity index (χ4n) is 2.95. The number of ether oxygens (including phenoxy) is 2. The number of aryl methyl sites for hydroxylation is 1. The van der Waals surface area contributed by atoms with Crippen molar-refractivity contribution in [3.8, 4) is 11.5 Å². The number of hydrogen-bond donors (Lipinski definition) is 1. The van der Waals surface area contributed by atoms with Crippen LogP contribution in [0.2, 0.25) is 5.02 Å². The molecular weight excluding hydrogens is 485 g/mol. The van der Waals surface area contributed by atoms with Gasteiger partial charge < -0.3 is 14.8 Å². The molecule has 3 nitrogen and oxygen atoms in total. The van der Waals surface area contributed by atoms with E-state index in [4.69, 9.17) is 21.1 Å². The fourth-order valence-corrected chi connectivity index (χ4v) is 3.76. The molecule has 0 aliphatic heterocycles. The SMILES string of the molecule is CCOc1cc(CNCc2ccccc2Cl)cc(Br)c1OCc1ccc(C)cc1.Cl. The van der Waals surface area contributed by atoms with Crippen molar-refractivity contribution in [3.63, 3.8) is 0 Å². The van der Waals surface area contributed by atoms with Crippen LogP contribution in [0, 0.1) is 6.92 Å². The smallest absolute Gasteiger partial charge is 0.175 e. The Hall–Kier alpha value is -1.72. The van der Waals surface area contributed by atoms with Gasteiger partial charge in [-0.2, -0.15) is 0 Å². The topological polar surface area (TPSA) is 30.5 Å². The minimum absolute atomic E-state index is 0. The van der Waals surface area contributed by atoms with Gasteiger partial charge >= 0.3 is 0 Å². The largest absolute Gasteiger partial charge is 0.490 e. The number of rotatable bonds is 9. The standard InChI is InChI=1S/C24H25BrClNO2.ClH/c1-3-28-23-13-19(14-27-15-20-6-4-5-7-22(20)26)12-21(25)24(23)29-16-18-10-8-17(2)9-11-18;/h4-13,27H,3,14-16H2,1-2H3;1H. The molecule has 0 bridgehead atoms. The van der Waals surface area contributed by atoms with Gasteiger partial charge in [-0.15, -0.1) is 12.4 Å². The Morgan fingerprint density at radius 2 is 1.67 bits per heavy atom.